The van der Waals surface area contributed by atoms with Crippen molar-refractivity contribution in [2.45, 2.75) is 0 Å². The normalized spacial score (nSPS) is 10.0. The minimum absolute atomic E-state index is 0.515. The lowest BCUT2D eigenvalue weighted by Crippen LogP contribution is -1.95. The molecule has 2 rings (SSSR count). The Morgan fingerprint density at radius 3 is 2.67 bits per heavy atom. The van der Waals surface area contributed by atoms with Gasteiger partial charge in [-0.25, -0.2) is 9.67 Å². The van der Waals surface area contributed by atoms with Crippen molar-refractivity contribution in [1.29, 1.82) is 0 Å². The van der Waals surface area contributed by atoms with E-state index in [9.17, 15) is 0 Å². The van der Waals surface area contributed by atoms with Crippen LogP contribution in [0.5, 0.6) is 0 Å². The van der Waals surface area contributed by atoms with Crippen molar-refractivity contribution in [2.75, 3.05) is 0 Å². The number of pyridine rings is 1. The van der Waals surface area contributed by atoms with Crippen LogP contribution in [0.2, 0.25) is 0 Å². The molecule has 4 nitrogen and oxygen atoms in total. The minimum atomic E-state index is 0.515. The second-order valence-corrected chi connectivity index (χ2v) is 2.58. The maximum absolute atomic E-state index is 4.97. The standard InChI is InChI=1S/C7H6N4S/c12-7-9-5-10-11(7)6-1-3-8-4-2-6/h1-5H,(H,9,10,12). The van der Waals surface area contributed by atoms with Gasteiger partial charge in [0.2, 0.25) is 4.77 Å². The highest BCUT2D eigenvalue weighted by atomic mass is 32.1. The number of hydrogen-bond donors (Lipinski definition) is 1. The highest BCUT2D eigenvalue weighted by molar-refractivity contribution is 7.71. The van der Waals surface area contributed by atoms with E-state index in [1.165, 1.54) is 0 Å². The summed E-state index contributed by atoms with van der Waals surface area (Å²) in [6.45, 7) is 0. The number of aromatic amines is 1. The van der Waals surface area contributed by atoms with E-state index in [2.05, 4.69) is 15.1 Å². The molecule has 0 fully saturated rings. The number of rotatable bonds is 1. The van der Waals surface area contributed by atoms with Crippen LogP contribution in [0.15, 0.2) is 30.9 Å². The van der Waals surface area contributed by atoms with Gasteiger partial charge in [-0.2, -0.15) is 0 Å². The molecule has 0 aromatic carbocycles. The molecule has 2 aromatic rings. The van der Waals surface area contributed by atoms with Crippen LogP contribution in [0, 0.1) is 4.77 Å². The number of aromatic nitrogens is 4. The molecule has 2 heterocycles. The second-order valence-electron chi connectivity index (χ2n) is 2.21. The monoisotopic (exact) mass is 178 g/mol. The quantitative estimate of drug-likeness (QED) is 0.670. The van der Waals surface area contributed by atoms with Crippen LogP contribution in [0.4, 0.5) is 0 Å². The molecule has 0 saturated heterocycles. The largest absolute Gasteiger partial charge is 0.281 e. The molecule has 0 aliphatic heterocycles. The van der Waals surface area contributed by atoms with Gasteiger partial charge in [0.1, 0.15) is 6.33 Å². The molecule has 0 aliphatic rings. The maximum atomic E-state index is 4.97. The Morgan fingerprint density at radius 2 is 2.08 bits per heavy atom. The van der Waals surface area contributed by atoms with Gasteiger partial charge in [-0.3, -0.25) is 10.1 Å². The molecule has 1 N–H and O–H groups in total. The van der Waals surface area contributed by atoms with Crippen molar-refractivity contribution in [3.8, 4) is 5.69 Å². The Labute approximate surface area is 73.9 Å². The Balaban J connectivity index is 2.59. The topological polar surface area (TPSA) is 46.5 Å². The van der Waals surface area contributed by atoms with Crippen LogP contribution in [0.25, 0.3) is 5.69 Å². The molecule has 12 heavy (non-hydrogen) atoms. The summed E-state index contributed by atoms with van der Waals surface area (Å²) in [5.41, 5.74) is 0.938. The summed E-state index contributed by atoms with van der Waals surface area (Å²) < 4.78 is 2.22. The van der Waals surface area contributed by atoms with Crippen molar-refractivity contribution < 1.29 is 0 Å². The van der Waals surface area contributed by atoms with Gasteiger partial charge in [0.05, 0.1) is 5.69 Å². The first-order chi connectivity index (χ1) is 5.88. The molecule has 0 amide bonds. The average Bonchev–Trinajstić information content (AvgIpc) is 2.53. The molecule has 0 unspecified atom stereocenters. The molecular formula is C7H6N4S. The molecule has 2 aromatic heterocycles. The van der Waals surface area contributed by atoms with E-state index in [-0.39, 0.29) is 0 Å². The third-order valence-corrected chi connectivity index (χ3v) is 1.76. The van der Waals surface area contributed by atoms with Crippen LogP contribution in [0.3, 0.4) is 0 Å². The highest BCUT2D eigenvalue weighted by Gasteiger charge is 1.95. The predicted octanol–water partition coefficient (Wildman–Crippen LogP) is 1.32. The average molecular weight is 178 g/mol. The van der Waals surface area contributed by atoms with Crippen LogP contribution >= 0.6 is 12.2 Å². The van der Waals surface area contributed by atoms with Gasteiger partial charge in [0, 0.05) is 12.4 Å². The van der Waals surface area contributed by atoms with Crippen LogP contribution < -0.4 is 0 Å². The van der Waals surface area contributed by atoms with E-state index in [0.29, 0.717) is 4.77 Å². The third kappa shape index (κ3) is 1.14. The Kier molecular flexibility index (Phi) is 1.71. The predicted molar refractivity (Wildman–Crippen MR) is 46.5 cm³/mol. The highest BCUT2D eigenvalue weighted by Crippen LogP contribution is 2.02. The molecule has 0 saturated carbocycles. The summed E-state index contributed by atoms with van der Waals surface area (Å²) in [4.78, 5) is 7.80. The first-order valence-corrected chi connectivity index (χ1v) is 3.81. The Hall–Kier alpha value is -1.49. The molecule has 0 aliphatic carbocycles. The number of nitrogens with one attached hydrogen (secondary N) is 1. The first kappa shape index (κ1) is 7.17. The SMILES string of the molecule is S=c1nc[nH]n1-c1ccncc1. The lowest BCUT2D eigenvalue weighted by molar-refractivity contribution is 0.863. The Bertz CT molecular complexity index is 416. The Morgan fingerprint density at radius 1 is 1.33 bits per heavy atom. The van der Waals surface area contributed by atoms with Crippen LogP contribution in [-0.2, 0) is 0 Å². The first-order valence-electron chi connectivity index (χ1n) is 3.41. The van der Waals surface area contributed by atoms with Gasteiger partial charge < -0.3 is 0 Å². The van der Waals surface area contributed by atoms with Gasteiger partial charge in [-0.1, -0.05) is 0 Å². The molecule has 0 bridgehead atoms. The van der Waals surface area contributed by atoms with E-state index < -0.39 is 0 Å². The molecule has 0 radical (unpaired) electrons. The lowest BCUT2D eigenvalue weighted by Gasteiger charge is -1.98. The van der Waals surface area contributed by atoms with E-state index >= 15 is 0 Å². The summed E-state index contributed by atoms with van der Waals surface area (Å²) in [6.07, 6.45) is 4.97. The fraction of sp³-hybridized carbons (Fsp3) is 0. The van der Waals surface area contributed by atoms with Gasteiger partial charge >= 0.3 is 0 Å². The van der Waals surface area contributed by atoms with Gasteiger partial charge in [-0.05, 0) is 24.4 Å². The number of H-pyrrole nitrogens is 1. The summed E-state index contributed by atoms with van der Waals surface area (Å²) in [5, 5.41) is 2.90. The zero-order chi connectivity index (χ0) is 8.39. The lowest BCUT2D eigenvalue weighted by atomic mass is 10.4. The summed E-state index contributed by atoms with van der Waals surface area (Å²) in [7, 11) is 0. The summed E-state index contributed by atoms with van der Waals surface area (Å²) in [5.74, 6) is 0. The van der Waals surface area contributed by atoms with E-state index in [0.717, 1.165) is 5.69 Å². The molecular weight excluding hydrogens is 172 g/mol. The van der Waals surface area contributed by atoms with Crippen molar-refractivity contribution in [1.82, 2.24) is 19.7 Å². The van der Waals surface area contributed by atoms with Gasteiger partial charge in [0.25, 0.3) is 0 Å². The minimum Gasteiger partial charge on any atom is -0.281 e. The zero-order valence-electron chi connectivity index (χ0n) is 6.14. The van der Waals surface area contributed by atoms with E-state index in [4.69, 9.17) is 12.2 Å². The smallest absolute Gasteiger partial charge is 0.220 e. The molecule has 0 spiro atoms. The number of nitrogens with zero attached hydrogens (tertiary/aromatic N) is 3. The van der Waals surface area contributed by atoms with Crippen LogP contribution in [-0.4, -0.2) is 19.7 Å². The van der Waals surface area contributed by atoms with Crippen molar-refractivity contribution in [3.63, 3.8) is 0 Å². The fourth-order valence-electron chi connectivity index (χ4n) is 0.933. The number of hydrogen-bond acceptors (Lipinski definition) is 3. The maximum Gasteiger partial charge on any atom is 0.220 e. The van der Waals surface area contributed by atoms with E-state index in [1.807, 2.05) is 12.1 Å². The molecule has 60 valence electrons. The third-order valence-electron chi connectivity index (χ3n) is 1.47. The van der Waals surface area contributed by atoms with Crippen molar-refractivity contribution in [2.24, 2.45) is 0 Å². The molecule has 0 atom stereocenters. The van der Waals surface area contributed by atoms with Gasteiger partial charge in [0.15, 0.2) is 0 Å². The zero-order valence-corrected chi connectivity index (χ0v) is 6.95. The van der Waals surface area contributed by atoms with Crippen molar-refractivity contribution in [3.05, 3.63) is 35.6 Å². The molecule has 5 heteroatoms. The fourth-order valence-corrected chi connectivity index (χ4v) is 1.14. The second kappa shape index (κ2) is 2.86. The van der Waals surface area contributed by atoms with Gasteiger partial charge in [-0.15, -0.1) is 0 Å². The van der Waals surface area contributed by atoms with E-state index in [1.54, 1.807) is 23.4 Å². The van der Waals surface area contributed by atoms with Crippen LogP contribution in [0.1, 0.15) is 0 Å². The summed E-state index contributed by atoms with van der Waals surface area (Å²) >= 11 is 4.97. The summed E-state index contributed by atoms with van der Waals surface area (Å²) in [6, 6.07) is 3.71. The van der Waals surface area contributed by atoms with Crippen molar-refractivity contribution >= 4 is 12.2 Å².